The van der Waals surface area contributed by atoms with Crippen LogP contribution in [0.15, 0.2) is 35.3 Å². The van der Waals surface area contributed by atoms with Crippen molar-refractivity contribution in [1.29, 1.82) is 0 Å². The Morgan fingerprint density at radius 2 is 1.83 bits per heavy atom. The SMILES string of the molecule is CC1N=C(N2CCCCC2)OC1c1ccccc1. The Labute approximate surface area is 108 Å². The number of amidine groups is 1. The van der Waals surface area contributed by atoms with Crippen LogP contribution in [-0.2, 0) is 4.74 Å². The predicted octanol–water partition coefficient (Wildman–Crippen LogP) is 2.99. The second-order valence-corrected chi connectivity index (χ2v) is 5.15. The molecule has 0 spiro atoms. The summed E-state index contributed by atoms with van der Waals surface area (Å²) in [5, 5.41) is 0. The van der Waals surface area contributed by atoms with Crippen molar-refractivity contribution in [2.75, 3.05) is 13.1 Å². The van der Waals surface area contributed by atoms with Gasteiger partial charge in [0.2, 0.25) is 0 Å². The normalized spacial score (nSPS) is 27.8. The lowest BCUT2D eigenvalue weighted by molar-refractivity contribution is 0.159. The molecule has 0 aliphatic carbocycles. The maximum absolute atomic E-state index is 6.08. The lowest BCUT2D eigenvalue weighted by Gasteiger charge is -2.28. The monoisotopic (exact) mass is 244 g/mol. The molecule has 2 unspecified atom stereocenters. The second-order valence-electron chi connectivity index (χ2n) is 5.15. The molecule has 1 aromatic rings. The fourth-order valence-corrected chi connectivity index (χ4v) is 2.72. The van der Waals surface area contributed by atoms with E-state index in [2.05, 4.69) is 36.1 Å². The van der Waals surface area contributed by atoms with Gasteiger partial charge in [0.05, 0.1) is 6.04 Å². The fraction of sp³-hybridized carbons (Fsp3) is 0.533. The topological polar surface area (TPSA) is 24.8 Å². The highest BCUT2D eigenvalue weighted by Crippen LogP contribution is 2.30. The van der Waals surface area contributed by atoms with E-state index in [0.29, 0.717) is 0 Å². The summed E-state index contributed by atoms with van der Waals surface area (Å²) >= 11 is 0. The van der Waals surface area contributed by atoms with Crippen molar-refractivity contribution in [2.24, 2.45) is 4.99 Å². The molecule has 0 N–H and O–H groups in total. The van der Waals surface area contributed by atoms with E-state index in [9.17, 15) is 0 Å². The number of piperidine rings is 1. The van der Waals surface area contributed by atoms with E-state index in [1.165, 1.54) is 24.8 Å². The molecule has 3 nitrogen and oxygen atoms in total. The molecule has 0 aromatic heterocycles. The van der Waals surface area contributed by atoms with Crippen LogP contribution in [0.4, 0.5) is 0 Å². The third-order valence-electron chi connectivity index (χ3n) is 3.74. The summed E-state index contributed by atoms with van der Waals surface area (Å²) in [5.74, 6) is 0. The first-order chi connectivity index (χ1) is 8.84. The van der Waals surface area contributed by atoms with Gasteiger partial charge in [0.25, 0.3) is 6.02 Å². The van der Waals surface area contributed by atoms with Crippen LogP contribution in [0.25, 0.3) is 0 Å². The van der Waals surface area contributed by atoms with E-state index < -0.39 is 0 Å². The standard InChI is InChI=1S/C15H20N2O/c1-12-14(13-8-4-2-5-9-13)18-15(16-12)17-10-6-3-7-11-17/h2,4-5,8-9,12,14H,3,6-7,10-11H2,1H3. The molecule has 1 aromatic carbocycles. The van der Waals surface area contributed by atoms with Crippen molar-refractivity contribution >= 4 is 6.02 Å². The van der Waals surface area contributed by atoms with E-state index in [4.69, 9.17) is 9.73 Å². The number of aliphatic imine (C=N–C) groups is 1. The zero-order valence-corrected chi connectivity index (χ0v) is 10.9. The molecule has 0 saturated carbocycles. The quantitative estimate of drug-likeness (QED) is 0.758. The summed E-state index contributed by atoms with van der Waals surface area (Å²) in [4.78, 5) is 6.98. The molecule has 96 valence electrons. The molecule has 3 heteroatoms. The van der Waals surface area contributed by atoms with Crippen molar-refractivity contribution in [1.82, 2.24) is 4.90 Å². The lowest BCUT2D eigenvalue weighted by Crippen LogP contribution is -2.36. The molecule has 0 bridgehead atoms. The Morgan fingerprint density at radius 3 is 2.56 bits per heavy atom. The zero-order valence-electron chi connectivity index (χ0n) is 10.9. The highest BCUT2D eigenvalue weighted by Gasteiger charge is 2.31. The van der Waals surface area contributed by atoms with Crippen molar-refractivity contribution in [2.45, 2.75) is 38.3 Å². The van der Waals surface area contributed by atoms with Crippen molar-refractivity contribution < 1.29 is 4.74 Å². The van der Waals surface area contributed by atoms with E-state index in [1.54, 1.807) is 0 Å². The van der Waals surface area contributed by atoms with Gasteiger partial charge >= 0.3 is 0 Å². The Morgan fingerprint density at radius 1 is 1.11 bits per heavy atom. The summed E-state index contributed by atoms with van der Waals surface area (Å²) in [6.07, 6.45) is 3.93. The Kier molecular flexibility index (Phi) is 3.22. The van der Waals surface area contributed by atoms with Gasteiger partial charge in [0, 0.05) is 13.1 Å². The molecular weight excluding hydrogens is 224 g/mol. The first-order valence-corrected chi connectivity index (χ1v) is 6.89. The van der Waals surface area contributed by atoms with E-state index in [-0.39, 0.29) is 12.1 Å². The third-order valence-corrected chi connectivity index (χ3v) is 3.74. The number of rotatable bonds is 1. The highest BCUT2D eigenvalue weighted by atomic mass is 16.5. The second kappa shape index (κ2) is 5.01. The van der Waals surface area contributed by atoms with Gasteiger partial charge < -0.3 is 9.64 Å². The van der Waals surface area contributed by atoms with Gasteiger partial charge in [0.15, 0.2) is 0 Å². The minimum atomic E-state index is 0.0862. The number of hydrogen-bond donors (Lipinski definition) is 0. The van der Waals surface area contributed by atoms with Crippen LogP contribution in [0.1, 0.15) is 37.9 Å². The summed E-state index contributed by atoms with van der Waals surface area (Å²) in [6.45, 7) is 4.31. The van der Waals surface area contributed by atoms with Gasteiger partial charge in [-0.15, -0.1) is 0 Å². The molecule has 1 saturated heterocycles. The first-order valence-electron chi connectivity index (χ1n) is 6.89. The molecule has 1 fully saturated rings. The fourth-order valence-electron chi connectivity index (χ4n) is 2.72. The smallest absolute Gasteiger partial charge is 0.288 e. The van der Waals surface area contributed by atoms with Crippen LogP contribution < -0.4 is 0 Å². The van der Waals surface area contributed by atoms with E-state index in [1.807, 2.05) is 6.07 Å². The van der Waals surface area contributed by atoms with Crippen LogP contribution in [-0.4, -0.2) is 30.1 Å². The average molecular weight is 244 g/mol. The van der Waals surface area contributed by atoms with Gasteiger partial charge in [-0.1, -0.05) is 30.3 Å². The molecule has 0 radical (unpaired) electrons. The molecule has 18 heavy (non-hydrogen) atoms. The van der Waals surface area contributed by atoms with Gasteiger partial charge in [-0.05, 0) is 31.7 Å². The molecule has 0 amide bonds. The molecule has 2 heterocycles. The minimum absolute atomic E-state index is 0.0862. The maximum Gasteiger partial charge on any atom is 0.288 e. The van der Waals surface area contributed by atoms with E-state index in [0.717, 1.165) is 19.1 Å². The largest absolute Gasteiger partial charge is 0.455 e. The van der Waals surface area contributed by atoms with Crippen molar-refractivity contribution in [3.05, 3.63) is 35.9 Å². The lowest BCUT2D eigenvalue weighted by atomic mass is 10.0. The number of nitrogens with zero attached hydrogens (tertiary/aromatic N) is 2. The predicted molar refractivity (Wildman–Crippen MR) is 72.6 cm³/mol. The maximum atomic E-state index is 6.08. The van der Waals surface area contributed by atoms with Crippen LogP contribution in [0, 0.1) is 0 Å². The molecule has 2 aliphatic heterocycles. The number of benzene rings is 1. The van der Waals surface area contributed by atoms with Gasteiger partial charge in [0.1, 0.15) is 6.10 Å². The van der Waals surface area contributed by atoms with E-state index >= 15 is 0 Å². The molecular formula is C15H20N2O. The minimum Gasteiger partial charge on any atom is -0.455 e. The van der Waals surface area contributed by atoms with Gasteiger partial charge in [-0.2, -0.15) is 0 Å². The van der Waals surface area contributed by atoms with Gasteiger partial charge in [-0.3, -0.25) is 0 Å². The summed E-state index contributed by atoms with van der Waals surface area (Å²) in [7, 11) is 0. The highest BCUT2D eigenvalue weighted by molar-refractivity contribution is 5.76. The van der Waals surface area contributed by atoms with Crippen LogP contribution >= 0.6 is 0 Å². The van der Waals surface area contributed by atoms with Gasteiger partial charge in [-0.25, -0.2) is 4.99 Å². The summed E-state index contributed by atoms with van der Waals surface area (Å²) in [5.41, 5.74) is 1.22. The Bertz CT molecular complexity index is 423. The third kappa shape index (κ3) is 2.22. The summed E-state index contributed by atoms with van der Waals surface area (Å²) < 4.78 is 6.08. The van der Waals surface area contributed by atoms with Crippen molar-refractivity contribution in [3.63, 3.8) is 0 Å². The first kappa shape index (κ1) is 11.6. The average Bonchev–Trinajstić information content (AvgIpc) is 2.83. The van der Waals surface area contributed by atoms with Crippen LogP contribution in [0.2, 0.25) is 0 Å². The number of ether oxygens (including phenoxy) is 1. The zero-order chi connectivity index (χ0) is 12.4. The molecule has 2 atom stereocenters. The summed E-state index contributed by atoms with van der Waals surface area (Å²) in [6, 6.07) is 11.5. The Balaban J connectivity index is 1.72. The van der Waals surface area contributed by atoms with Crippen LogP contribution in [0.3, 0.4) is 0 Å². The van der Waals surface area contributed by atoms with Crippen molar-refractivity contribution in [3.8, 4) is 0 Å². The molecule has 2 aliphatic rings. The molecule has 3 rings (SSSR count). The van der Waals surface area contributed by atoms with Crippen LogP contribution in [0.5, 0.6) is 0 Å². The number of hydrogen-bond acceptors (Lipinski definition) is 3. The Hall–Kier alpha value is -1.51. The number of likely N-dealkylation sites (tertiary alicyclic amines) is 1.